The average Bonchev–Trinajstić information content (AvgIpc) is 2.78. The summed E-state index contributed by atoms with van der Waals surface area (Å²) < 4.78 is 14.4. The van der Waals surface area contributed by atoms with Crippen LogP contribution in [0.15, 0.2) is 41.3 Å². The van der Waals surface area contributed by atoms with Crippen LogP contribution in [-0.2, 0) is 13.0 Å². The first-order valence-electron chi connectivity index (χ1n) is 11.0. The van der Waals surface area contributed by atoms with E-state index in [4.69, 9.17) is 0 Å². The summed E-state index contributed by atoms with van der Waals surface area (Å²) in [6.07, 6.45) is 3.64. The Bertz CT molecular complexity index is 1240. The van der Waals surface area contributed by atoms with E-state index >= 15 is 0 Å². The Labute approximate surface area is 185 Å². The normalized spacial score (nSPS) is 20.3. The van der Waals surface area contributed by atoms with E-state index in [-0.39, 0.29) is 11.1 Å². The number of halogens is 1. The molecule has 3 aliphatic rings. The van der Waals surface area contributed by atoms with Crippen molar-refractivity contribution in [1.29, 1.82) is 0 Å². The maximum atomic E-state index is 14.4. The summed E-state index contributed by atoms with van der Waals surface area (Å²) in [4.78, 5) is 36.0. The third-order valence-corrected chi connectivity index (χ3v) is 6.60. The molecule has 3 fully saturated rings. The third-order valence-electron chi connectivity index (χ3n) is 6.60. The summed E-state index contributed by atoms with van der Waals surface area (Å²) in [7, 11) is 1.50. The second-order valence-corrected chi connectivity index (χ2v) is 8.64. The lowest BCUT2D eigenvalue weighted by Gasteiger charge is -2.57. The number of piperazine rings is 1. The van der Waals surface area contributed by atoms with E-state index in [0.29, 0.717) is 18.5 Å². The summed E-state index contributed by atoms with van der Waals surface area (Å²) in [5.74, 6) is -0.911. The number of rotatable bonds is 5. The second-order valence-electron chi connectivity index (χ2n) is 8.64. The van der Waals surface area contributed by atoms with Gasteiger partial charge in [-0.2, -0.15) is 0 Å². The summed E-state index contributed by atoms with van der Waals surface area (Å²) in [5.41, 5.74) is 4.22. The minimum Gasteiger partial charge on any atom is -0.363 e. The number of carbonyl (C=O) groups excluding carboxylic acids is 1. The van der Waals surface area contributed by atoms with E-state index in [9.17, 15) is 14.0 Å². The molecule has 0 saturated carbocycles. The van der Waals surface area contributed by atoms with Crippen molar-refractivity contribution in [3.05, 3.63) is 69.4 Å². The van der Waals surface area contributed by atoms with Crippen molar-refractivity contribution in [2.45, 2.75) is 38.4 Å². The van der Waals surface area contributed by atoms with E-state index in [1.165, 1.54) is 13.1 Å². The summed E-state index contributed by atoms with van der Waals surface area (Å²) in [6.45, 7) is 4.46. The summed E-state index contributed by atoms with van der Waals surface area (Å²) in [5, 5.41) is 2.46. The van der Waals surface area contributed by atoms with Crippen molar-refractivity contribution in [3.8, 4) is 0 Å². The number of nitrogens with one attached hydrogen (secondary N) is 2. The lowest BCUT2D eigenvalue weighted by molar-refractivity contribution is 0.0959. The minimum atomic E-state index is -0.494. The van der Waals surface area contributed by atoms with Gasteiger partial charge in [0.15, 0.2) is 0 Å². The van der Waals surface area contributed by atoms with Crippen molar-refractivity contribution >= 4 is 22.6 Å². The summed E-state index contributed by atoms with van der Waals surface area (Å²) >= 11 is 0. The molecule has 32 heavy (non-hydrogen) atoms. The van der Waals surface area contributed by atoms with Gasteiger partial charge in [-0.25, -0.2) is 4.39 Å². The van der Waals surface area contributed by atoms with Crippen LogP contribution in [0.5, 0.6) is 0 Å². The van der Waals surface area contributed by atoms with Crippen LogP contribution in [-0.4, -0.2) is 53.0 Å². The van der Waals surface area contributed by atoms with Gasteiger partial charge in [0, 0.05) is 56.2 Å². The van der Waals surface area contributed by atoms with Gasteiger partial charge in [-0.15, -0.1) is 0 Å². The molecule has 2 atom stereocenters. The number of aromatic amines is 1. The number of hydrogen-bond acceptors (Lipinski definition) is 5. The first-order valence-corrected chi connectivity index (χ1v) is 11.0. The van der Waals surface area contributed by atoms with Gasteiger partial charge in [0.05, 0.1) is 16.6 Å². The molecule has 166 valence electrons. The Morgan fingerprint density at radius 1 is 1.25 bits per heavy atom. The number of nitrogens with zero attached hydrogens (tertiary/aromatic N) is 3. The van der Waals surface area contributed by atoms with E-state index < -0.39 is 11.7 Å². The Morgan fingerprint density at radius 3 is 2.72 bits per heavy atom. The van der Waals surface area contributed by atoms with Crippen LogP contribution in [0.4, 0.5) is 10.1 Å². The summed E-state index contributed by atoms with van der Waals surface area (Å²) in [6, 6.07) is 9.36. The van der Waals surface area contributed by atoms with Crippen molar-refractivity contribution < 1.29 is 9.18 Å². The Kier molecular flexibility index (Phi) is 5.17. The van der Waals surface area contributed by atoms with Crippen LogP contribution in [0.1, 0.15) is 34.8 Å². The minimum absolute atomic E-state index is 0.0523. The van der Waals surface area contributed by atoms with Crippen molar-refractivity contribution in [2.24, 2.45) is 0 Å². The lowest BCUT2D eigenvalue weighted by atomic mass is 9.86. The van der Waals surface area contributed by atoms with Gasteiger partial charge in [-0.05, 0) is 48.7 Å². The zero-order valence-electron chi connectivity index (χ0n) is 18.2. The van der Waals surface area contributed by atoms with Crippen LogP contribution < -0.4 is 15.8 Å². The molecule has 3 saturated heterocycles. The zero-order valence-corrected chi connectivity index (χ0v) is 18.2. The standard InChI is InChI=1S/C24H26FN5O2/c1-3-15-7-21-22(28-23(15)31)6-14(10-27-21)11-29-12-17-8-18(13-29)30(17)16-4-5-19(20(25)9-16)24(32)26-2/h4-7,9-10,17-18H,3,8,11-13H2,1-2H3,(H,26,32)(H,28,31). The largest absolute Gasteiger partial charge is 0.363 e. The Morgan fingerprint density at radius 2 is 2.03 bits per heavy atom. The van der Waals surface area contributed by atoms with Gasteiger partial charge in [0.1, 0.15) is 5.82 Å². The molecule has 7 nitrogen and oxygen atoms in total. The number of piperidine rings is 1. The number of H-pyrrole nitrogens is 1. The highest BCUT2D eigenvalue weighted by molar-refractivity contribution is 5.94. The molecule has 2 aromatic heterocycles. The van der Waals surface area contributed by atoms with Crippen LogP contribution in [0.2, 0.25) is 0 Å². The SMILES string of the molecule is CCc1cc2ncc(CN3CC4CC(C3)N4c3ccc(C(=O)NC)c(F)c3)cc2[nH]c1=O. The number of anilines is 1. The predicted octanol–water partition coefficient (Wildman–Crippen LogP) is 2.45. The monoisotopic (exact) mass is 435 g/mol. The van der Waals surface area contributed by atoms with Gasteiger partial charge in [0.2, 0.25) is 0 Å². The maximum absolute atomic E-state index is 14.4. The molecule has 0 aliphatic carbocycles. The molecule has 8 heteroatoms. The molecule has 5 heterocycles. The molecular formula is C24H26FN5O2. The number of amides is 1. The van der Waals surface area contributed by atoms with Gasteiger partial charge in [0.25, 0.3) is 11.5 Å². The van der Waals surface area contributed by atoms with Crippen LogP contribution in [0, 0.1) is 5.82 Å². The second kappa shape index (κ2) is 8.02. The fourth-order valence-corrected chi connectivity index (χ4v) is 5.01. The Hall–Kier alpha value is -3.26. The van der Waals surface area contributed by atoms with E-state index in [1.807, 2.05) is 31.3 Å². The first-order chi connectivity index (χ1) is 15.5. The average molecular weight is 436 g/mol. The number of benzene rings is 1. The van der Waals surface area contributed by atoms with E-state index in [0.717, 1.165) is 53.9 Å². The van der Waals surface area contributed by atoms with Crippen LogP contribution >= 0.6 is 0 Å². The quantitative estimate of drug-likeness (QED) is 0.644. The molecule has 2 bridgehead atoms. The van der Waals surface area contributed by atoms with Gasteiger partial charge in [-0.1, -0.05) is 6.92 Å². The van der Waals surface area contributed by atoms with Gasteiger partial charge >= 0.3 is 0 Å². The smallest absolute Gasteiger partial charge is 0.253 e. The van der Waals surface area contributed by atoms with E-state index in [2.05, 4.69) is 25.1 Å². The fraction of sp³-hybridized carbons (Fsp3) is 0.375. The number of carbonyl (C=O) groups is 1. The number of aromatic nitrogens is 2. The van der Waals surface area contributed by atoms with Gasteiger partial charge < -0.3 is 15.2 Å². The molecule has 0 radical (unpaired) electrons. The molecule has 1 aromatic carbocycles. The first kappa shape index (κ1) is 20.6. The molecule has 3 aromatic rings. The van der Waals surface area contributed by atoms with Crippen molar-refractivity contribution in [2.75, 3.05) is 25.0 Å². The number of aryl methyl sites for hydroxylation is 1. The number of fused-ring (bicyclic) bond motifs is 3. The molecule has 1 amide bonds. The molecule has 2 unspecified atom stereocenters. The van der Waals surface area contributed by atoms with Gasteiger partial charge in [-0.3, -0.25) is 19.5 Å². The topological polar surface area (TPSA) is 81.3 Å². The van der Waals surface area contributed by atoms with Crippen molar-refractivity contribution in [1.82, 2.24) is 20.2 Å². The lowest BCUT2D eigenvalue weighted by Crippen LogP contribution is -2.68. The van der Waals surface area contributed by atoms with E-state index in [1.54, 1.807) is 6.07 Å². The maximum Gasteiger partial charge on any atom is 0.253 e. The zero-order chi connectivity index (χ0) is 22.4. The molecular weight excluding hydrogens is 409 g/mol. The van der Waals surface area contributed by atoms with Crippen molar-refractivity contribution in [3.63, 3.8) is 0 Å². The molecule has 0 spiro atoms. The molecule has 2 N–H and O–H groups in total. The Balaban J connectivity index is 1.28. The number of hydrogen-bond donors (Lipinski definition) is 2. The third kappa shape index (κ3) is 3.54. The molecule has 3 aliphatic heterocycles. The highest BCUT2D eigenvalue weighted by Gasteiger charge is 2.44. The molecule has 6 rings (SSSR count). The highest BCUT2D eigenvalue weighted by Crippen LogP contribution is 2.38. The van der Waals surface area contributed by atoms with Crippen LogP contribution in [0.25, 0.3) is 11.0 Å². The predicted molar refractivity (Wildman–Crippen MR) is 121 cm³/mol. The highest BCUT2D eigenvalue weighted by atomic mass is 19.1. The number of pyridine rings is 2. The fourth-order valence-electron chi connectivity index (χ4n) is 5.01. The van der Waals surface area contributed by atoms with Crippen LogP contribution in [0.3, 0.4) is 0 Å².